The van der Waals surface area contributed by atoms with E-state index in [0.29, 0.717) is 12.1 Å². The van der Waals surface area contributed by atoms with Gasteiger partial charge < -0.3 is 9.80 Å². The lowest BCUT2D eigenvalue weighted by molar-refractivity contribution is 0.0865. The molecule has 1 aliphatic heterocycles. The smallest absolute Gasteiger partial charge is 0.0274 e. The molecule has 4 nitrogen and oxygen atoms in total. The molecule has 0 bridgehead atoms. The molecule has 0 saturated carbocycles. The topological polar surface area (TPSA) is 44.5 Å². The van der Waals surface area contributed by atoms with Crippen molar-refractivity contribution >= 4 is 0 Å². The zero-order valence-corrected chi connectivity index (χ0v) is 11.5. The Labute approximate surface area is 100 Å². The summed E-state index contributed by atoms with van der Waals surface area (Å²) in [5.74, 6) is 5.67. The van der Waals surface area contributed by atoms with E-state index >= 15 is 0 Å². The van der Waals surface area contributed by atoms with Gasteiger partial charge in [0.2, 0.25) is 0 Å². The highest BCUT2D eigenvalue weighted by Crippen LogP contribution is 2.24. The van der Waals surface area contributed by atoms with E-state index in [1.54, 1.807) is 0 Å². The van der Waals surface area contributed by atoms with Crippen molar-refractivity contribution in [3.63, 3.8) is 0 Å². The molecular formula is C12H28N4. The molecule has 2 atom stereocenters. The monoisotopic (exact) mass is 228 g/mol. The quantitative estimate of drug-likeness (QED) is 0.545. The molecule has 0 spiro atoms. The normalized spacial score (nSPS) is 27.0. The third-order valence-electron chi connectivity index (χ3n) is 3.73. The van der Waals surface area contributed by atoms with Gasteiger partial charge in [-0.2, -0.15) is 0 Å². The van der Waals surface area contributed by atoms with Gasteiger partial charge in [0.1, 0.15) is 0 Å². The minimum Gasteiger partial charge on any atom is -0.304 e. The summed E-state index contributed by atoms with van der Waals surface area (Å²) >= 11 is 0. The van der Waals surface area contributed by atoms with Gasteiger partial charge in [0, 0.05) is 31.7 Å². The van der Waals surface area contributed by atoms with Gasteiger partial charge in [-0.05, 0) is 25.9 Å². The number of rotatable bonds is 3. The van der Waals surface area contributed by atoms with E-state index in [0.717, 1.165) is 19.5 Å². The second-order valence-corrected chi connectivity index (χ2v) is 6.22. The van der Waals surface area contributed by atoms with Crippen LogP contribution in [0.3, 0.4) is 0 Å². The van der Waals surface area contributed by atoms with Gasteiger partial charge >= 0.3 is 0 Å². The Morgan fingerprint density at radius 3 is 2.44 bits per heavy atom. The van der Waals surface area contributed by atoms with Gasteiger partial charge in [-0.1, -0.05) is 20.8 Å². The van der Waals surface area contributed by atoms with Crippen molar-refractivity contribution in [1.29, 1.82) is 0 Å². The molecule has 0 radical (unpaired) electrons. The summed E-state index contributed by atoms with van der Waals surface area (Å²) in [5, 5.41) is 0. The van der Waals surface area contributed by atoms with E-state index in [9.17, 15) is 0 Å². The molecule has 0 aliphatic carbocycles. The maximum Gasteiger partial charge on any atom is 0.0274 e. The third kappa shape index (κ3) is 3.70. The zero-order chi connectivity index (χ0) is 12.3. The standard InChI is InChI=1S/C12H28N4/c1-12(2,3)11(14-13)8-10-9-15(4)6-7-16(10)5/h10-11,14H,6-9,13H2,1-5H3. The first-order valence-corrected chi connectivity index (χ1v) is 6.19. The third-order valence-corrected chi connectivity index (χ3v) is 3.73. The summed E-state index contributed by atoms with van der Waals surface area (Å²) in [5.41, 5.74) is 3.19. The molecular weight excluding hydrogens is 200 g/mol. The Balaban J connectivity index is 2.56. The highest BCUT2D eigenvalue weighted by molar-refractivity contribution is 4.87. The summed E-state index contributed by atoms with van der Waals surface area (Å²) in [6.45, 7) is 10.2. The number of hydrogen-bond donors (Lipinski definition) is 2. The molecule has 0 aromatic rings. The van der Waals surface area contributed by atoms with E-state index in [1.165, 1.54) is 6.54 Å². The molecule has 1 fully saturated rings. The molecule has 2 unspecified atom stereocenters. The number of piperazine rings is 1. The summed E-state index contributed by atoms with van der Waals surface area (Å²) in [6, 6.07) is 0.977. The fraction of sp³-hybridized carbons (Fsp3) is 1.00. The SMILES string of the molecule is CN1CCN(C)C(CC(NN)C(C)(C)C)C1. The molecule has 1 rings (SSSR count). The van der Waals surface area contributed by atoms with Crippen LogP contribution in [0, 0.1) is 5.41 Å². The maximum absolute atomic E-state index is 5.67. The minimum atomic E-state index is 0.214. The predicted octanol–water partition coefficient (Wildman–Crippen LogP) is 0.500. The van der Waals surface area contributed by atoms with Crippen molar-refractivity contribution in [1.82, 2.24) is 15.2 Å². The number of nitrogens with one attached hydrogen (secondary N) is 1. The lowest BCUT2D eigenvalue weighted by Crippen LogP contribution is -2.55. The summed E-state index contributed by atoms with van der Waals surface area (Å²) in [4.78, 5) is 4.86. The van der Waals surface area contributed by atoms with Crippen molar-refractivity contribution in [3.8, 4) is 0 Å². The average Bonchev–Trinajstić information content (AvgIpc) is 2.17. The summed E-state index contributed by atoms with van der Waals surface area (Å²) < 4.78 is 0. The molecule has 0 aromatic heterocycles. The molecule has 0 aromatic carbocycles. The number of hydrazine groups is 1. The van der Waals surface area contributed by atoms with Gasteiger partial charge in [0.25, 0.3) is 0 Å². The summed E-state index contributed by atoms with van der Waals surface area (Å²) in [6.07, 6.45) is 1.11. The van der Waals surface area contributed by atoms with Crippen molar-refractivity contribution in [2.24, 2.45) is 11.3 Å². The van der Waals surface area contributed by atoms with Crippen molar-refractivity contribution in [2.45, 2.75) is 39.3 Å². The zero-order valence-electron chi connectivity index (χ0n) is 11.5. The predicted molar refractivity (Wildman–Crippen MR) is 69.1 cm³/mol. The first-order valence-electron chi connectivity index (χ1n) is 6.19. The lowest BCUT2D eigenvalue weighted by Gasteiger charge is -2.41. The Kier molecular flexibility index (Phi) is 4.73. The fourth-order valence-corrected chi connectivity index (χ4v) is 2.30. The maximum atomic E-state index is 5.67. The fourth-order valence-electron chi connectivity index (χ4n) is 2.30. The average molecular weight is 228 g/mol. The Hall–Kier alpha value is -0.160. The molecule has 3 N–H and O–H groups in total. The molecule has 16 heavy (non-hydrogen) atoms. The molecule has 96 valence electrons. The van der Waals surface area contributed by atoms with Gasteiger partial charge in [-0.15, -0.1) is 0 Å². The first-order chi connectivity index (χ1) is 7.34. The Morgan fingerprint density at radius 2 is 1.94 bits per heavy atom. The van der Waals surface area contributed by atoms with E-state index in [1.807, 2.05) is 0 Å². The van der Waals surface area contributed by atoms with E-state index < -0.39 is 0 Å². The van der Waals surface area contributed by atoms with Gasteiger partial charge in [-0.3, -0.25) is 11.3 Å². The lowest BCUT2D eigenvalue weighted by atomic mass is 9.83. The second kappa shape index (κ2) is 5.45. The largest absolute Gasteiger partial charge is 0.304 e. The van der Waals surface area contributed by atoms with Crippen LogP contribution in [0.1, 0.15) is 27.2 Å². The number of likely N-dealkylation sites (N-methyl/N-ethyl adjacent to an activating group) is 2. The van der Waals surface area contributed by atoms with E-state index in [-0.39, 0.29) is 5.41 Å². The molecule has 1 saturated heterocycles. The van der Waals surface area contributed by atoms with Crippen molar-refractivity contribution < 1.29 is 0 Å². The minimum absolute atomic E-state index is 0.214. The van der Waals surface area contributed by atoms with Crippen LogP contribution in [-0.4, -0.2) is 55.6 Å². The van der Waals surface area contributed by atoms with Gasteiger partial charge in [0.05, 0.1) is 0 Å². The van der Waals surface area contributed by atoms with Crippen LogP contribution in [0.5, 0.6) is 0 Å². The van der Waals surface area contributed by atoms with Crippen LogP contribution < -0.4 is 11.3 Å². The summed E-state index contributed by atoms with van der Waals surface area (Å²) in [7, 11) is 4.41. The van der Waals surface area contributed by atoms with Crippen LogP contribution in [0.2, 0.25) is 0 Å². The number of hydrogen-bond acceptors (Lipinski definition) is 4. The van der Waals surface area contributed by atoms with Crippen LogP contribution >= 0.6 is 0 Å². The first kappa shape index (κ1) is 13.9. The highest BCUT2D eigenvalue weighted by Gasteiger charge is 2.30. The number of nitrogens with two attached hydrogens (primary N) is 1. The van der Waals surface area contributed by atoms with E-state index in [4.69, 9.17) is 5.84 Å². The number of nitrogens with zero attached hydrogens (tertiary/aromatic N) is 2. The molecule has 1 heterocycles. The molecule has 1 aliphatic rings. The Bertz CT molecular complexity index is 212. The van der Waals surface area contributed by atoms with E-state index in [2.05, 4.69) is 50.1 Å². The van der Waals surface area contributed by atoms with Crippen LogP contribution in [0.15, 0.2) is 0 Å². The van der Waals surface area contributed by atoms with Gasteiger partial charge in [-0.25, -0.2) is 0 Å². The molecule has 0 amide bonds. The second-order valence-electron chi connectivity index (χ2n) is 6.22. The van der Waals surface area contributed by atoms with Crippen LogP contribution in [0.4, 0.5) is 0 Å². The van der Waals surface area contributed by atoms with Crippen molar-refractivity contribution in [2.75, 3.05) is 33.7 Å². The Morgan fingerprint density at radius 1 is 1.31 bits per heavy atom. The molecule has 4 heteroatoms. The highest BCUT2D eigenvalue weighted by atomic mass is 15.3. The van der Waals surface area contributed by atoms with Gasteiger partial charge in [0.15, 0.2) is 0 Å². The van der Waals surface area contributed by atoms with Crippen LogP contribution in [0.25, 0.3) is 0 Å². The van der Waals surface area contributed by atoms with Crippen molar-refractivity contribution in [3.05, 3.63) is 0 Å². The van der Waals surface area contributed by atoms with Crippen LogP contribution in [-0.2, 0) is 0 Å².